The van der Waals surface area contributed by atoms with Crippen molar-refractivity contribution in [3.63, 3.8) is 0 Å². The van der Waals surface area contributed by atoms with Crippen molar-refractivity contribution in [2.45, 2.75) is 76.7 Å². The van der Waals surface area contributed by atoms with Crippen molar-refractivity contribution >= 4 is 14.0 Å². The minimum absolute atomic E-state index is 0.0673. The lowest BCUT2D eigenvalue weighted by atomic mass is 10.0. The summed E-state index contributed by atoms with van der Waals surface area (Å²) in [4.78, 5) is 11.4. The number of ether oxygens (including phenoxy) is 1. The average Bonchev–Trinajstić information content (AvgIpc) is 2.12. The van der Waals surface area contributed by atoms with Gasteiger partial charge in [-0.25, -0.2) is 0 Å². The molecule has 16 heavy (non-hydrogen) atoms. The van der Waals surface area contributed by atoms with Crippen LogP contribution in [0.2, 0.25) is 25.2 Å². The highest BCUT2D eigenvalue weighted by molar-refractivity contribution is 6.81. The van der Waals surface area contributed by atoms with Crippen molar-refractivity contribution < 1.29 is 9.53 Å². The average molecular weight is 242 g/mol. The van der Waals surface area contributed by atoms with Gasteiger partial charge in [0.05, 0.1) is 13.6 Å². The number of carbonyl (C=O) groups is 1. The lowest BCUT2D eigenvalue weighted by Crippen LogP contribution is -2.52. The first-order valence-corrected chi connectivity index (χ1v) is 10.2. The van der Waals surface area contributed by atoms with Crippen LogP contribution in [0.25, 0.3) is 0 Å². The van der Waals surface area contributed by atoms with Crippen LogP contribution in [0.3, 0.4) is 0 Å². The predicted molar refractivity (Wildman–Crippen MR) is 70.4 cm³/mol. The van der Waals surface area contributed by atoms with Gasteiger partial charge in [0.25, 0.3) is 0 Å². The topological polar surface area (TPSA) is 26.3 Å². The zero-order valence-corrected chi connectivity index (χ0v) is 12.2. The van der Waals surface area contributed by atoms with E-state index < -0.39 is 8.07 Å². The molecule has 1 heterocycles. The van der Waals surface area contributed by atoms with E-state index in [-0.39, 0.29) is 17.6 Å². The lowest BCUT2D eigenvalue weighted by molar-refractivity contribution is -0.170. The summed E-state index contributed by atoms with van der Waals surface area (Å²) in [5, 5.41) is 0. The maximum atomic E-state index is 11.4. The molecule has 0 spiro atoms. The van der Waals surface area contributed by atoms with E-state index in [1.54, 1.807) is 0 Å². The Kier molecular flexibility index (Phi) is 5.03. The van der Waals surface area contributed by atoms with Gasteiger partial charge in [-0.05, 0) is 12.8 Å². The third-order valence-corrected chi connectivity index (χ3v) is 5.89. The zero-order chi connectivity index (χ0) is 12.2. The van der Waals surface area contributed by atoms with Crippen LogP contribution in [0.15, 0.2) is 0 Å². The van der Waals surface area contributed by atoms with Crippen LogP contribution in [0.1, 0.15) is 45.4 Å². The Hall–Kier alpha value is -0.313. The van der Waals surface area contributed by atoms with E-state index in [4.69, 9.17) is 4.74 Å². The van der Waals surface area contributed by atoms with E-state index in [2.05, 4.69) is 26.6 Å². The summed E-state index contributed by atoms with van der Waals surface area (Å²) in [5.74, 6) is 0.0673. The second kappa shape index (κ2) is 5.85. The minimum Gasteiger partial charge on any atom is -0.462 e. The monoisotopic (exact) mass is 242 g/mol. The maximum absolute atomic E-state index is 11.4. The van der Waals surface area contributed by atoms with Gasteiger partial charge >= 0.3 is 5.97 Å². The van der Waals surface area contributed by atoms with E-state index in [9.17, 15) is 4.79 Å². The summed E-state index contributed by atoms with van der Waals surface area (Å²) in [6, 6.07) is 0. The number of rotatable bonds is 7. The first-order chi connectivity index (χ1) is 7.46. The van der Waals surface area contributed by atoms with Gasteiger partial charge < -0.3 is 4.74 Å². The molecule has 1 aliphatic rings. The molecule has 1 fully saturated rings. The molecule has 3 heteroatoms. The fourth-order valence-electron chi connectivity index (χ4n) is 2.46. The van der Waals surface area contributed by atoms with Gasteiger partial charge in [-0.3, -0.25) is 4.79 Å². The molecular weight excluding hydrogens is 216 g/mol. The standard InChI is InChI=1S/C13H26O2Si/c1-5-6-7-8-9-10-11-12(13(14)15-11)16(2,3)4/h11-12H,5-10H2,1-4H3/t11-,12+/m0/s1. The fourth-order valence-corrected chi connectivity index (χ4v) is 4.58. The molecule has 1 saturated heterocycles. The maximum Gasteiger partial charge on any atom is 0.310 e. The van der Waals surface area contributed by atoms with Gasteiger partial charge in [-0.15, -0.1) is 0 Å². The molecule has 2 nitrogen and oxygen atoms in total. The Morgan fingerprint density at radius 2 is 1.75 bits per heavy atom. The molecule has 0 aromatic carbocycles. The van der Waals surface area contributed by atoms with Gasteiger partial charge in [0.15, 0.2) is 0 Å². The van der Waals surface area contributed by atoms with Crippen molar-refractivity contribution in [2.24, 2.45) is 0 Å². The highest BCUT2D eigenvalue weighted by Gasteiger charge is 2.49. The zero-order valence-electron chi connectivity index (χ0n) is 11.2. The van der Waals surface area contributed by atoms with Gasteiger partial charge in [0.2, 0.25) is 0 Å². The third kappa shape index (κ3) is 3.61. The van der Waals surface area contributed by atoms with Gasteiger partial charge in [-0.1, -0.05) is 52.2 Å². The highest BCUT2D eigenvalue weighted by Crippen LogP contribution is 2.39. The summed E-state index contributed by atoms with van der Waals surface area (Å²) in [5.41, 5.74) is 0.263. The van der Waals surface area contributed by atoms with Crippen LogP contribution >= 0.6 is 0 Å². The molecule has 0 N–H and O–H groups in total. The van der Waals surface area contributed by atoms with Gasteiger partial charge in [0, 0.05) is 0 Å². The normalized spacial score (nSPS) is 25.1. The van der Waals surface area contributed by atoms with Crippen molar-refractivity contribution in [2.75, 3.05) is 0 Å². The van der Waals surface area contributed by atoms with E-state index in [0.29, 0.717) is 0 Å². The molecule has 0 radical (unpaired) electrons. The largest absolute Gasteiger partial charge is 0.462 e. The third-order valence-electron chi connectivity index (χ3n) is 3.42. The molecule has 0 saturated carbocycles. The molecule has 1 aliphatic heterocycles. The first-order valence-electron chi connectivity index (χ1n) is 6.67. The number of unbranched alkanes of at least 4 members (excludes halogenated alkanes) is 4. The van der Waals surface area contributed by atoms with E-state index in [1.807, 2.05) is 0 Å². The van der Waals surface area contributed by atoms with E-state index in [0.717, 1.165) is 6.42 Å². The second-order valence-electron chi connectivity index (χ2n) is 6.02. The molecule has 0 aromatic rings. The van der Waals surface area contributed by atoms with E-state index in [1.165, 1.54) is 32.1 Å². The fraction of sp³-hybridized carbons (Fsp3) is 0.923. The molecule has 1 rings (SSSR count). The van der Waals surface area contributed by atoms with Crippen molar-refractivity contribution in [3.05, 3.63) is 0 Å². The van der Waals surface area contributed by atoms with Crippen LogP contribution in [-0.4, -0.2) is 20.1 Å². The van der Waals surface area contributed by atoms with Gasteiger partial charge in [-0.2, -0.15) is 0 Å². The summed E-state index contributed by atoms with van der Waals surface area (Å²) in [6.07, 6.45) is 7.80. The molecule has 0 aliphatic carbocycles. The summed E-state index contributed by atoms with van der Waals surface area (Å²) < 4.78 is 5.28. The van der Waals surface area contributed by atoms with Crippen molar-refractivity contribution in [3.8, 4) is 0 Å². The summed E-state index contributed by atoms with van der Waals surface area (Å²) in [7, 11) is -1.35. The highest BCUT2D eigenvalue weighted by atomic mass is 28.3. The number of cyclic esters (lactones) is 1. The lowest BCUT2D eigenvalue weighted by Gasteiger charge is -2.42. The van der Waals surface area contributed by atoms with Crippen LogP contribution in [0.5, 0.6) is 0 Å². The Morgan fingerprint density at radius 1 is 1.12 bits per heavy atom. The Morgan fingerprint density at radius 3 is 2.25 bits per heavy atom. The van der Waals surface area contributed by atoms with Crippen LogP contribution in [0.4, 0.5) is 0 Å². The second-order valence-corrected chi connectivity index (χ2v) is 11.4. The molecular formula is C13H26O2Si. The molecule has 94 valence electrons. The van der Waals surface area contributed by atoms with E-state index >= 15 is 0 Å². The molecule has 0 aromatic heterocycles. The Balaban J connectivity index is 2.21. The first kappa shape index (κ1) is 13.8. The SMILES string of the molecule is CCCCCCC[C@@H]1OC(=O)[C@@H]1[Si](C)(C)C. The van der Waals surface area contributed by atoms with Crippen LogP contribution < -0.4 is 0 Å². The number of hydrogen-bond acceptors (Lipinski definition) is 2. The molecule has 0 unspecified atom stereocenters. The Bertz CT molecular complexity index is 233. The smallest absolute Gasteiger partial charge is 0.310 e. The number of hydrogen-bond donors (Lipinski definition) is 0. The number of carbonyl (C=O) groups excluding carboxylic acids is 1. The molecule has 0 amide bonds. The number of esters is 1. The molecule has 2 atom stereocenters. The quantitative estimate of drug-likeness (QED) is 0.383. The van der Waals surface area contributed by atoms with Crippen LogP contribution in [0, 0.1) is 0 Å². The van der Waals surface area contributed by atoms with Crippen molar-refractivity contribution in [1.29, 1.82) is 0 Å². The van der Waals surface area contributed by atoms with Crippen LogP contribution in [-0.2, 0) is 9.53 Å². The van der Waals surface area contributed by atoms with Crippen molar-refractivity contribution in [1.82, 2.24) is 0 Å². The Labute approximate surface area is 101 Å². The summed E-state index contributed by atoms with van der Waals surface area (Å²) in [6.45, 7) is 9.03. The predicted octanol–water partition coefficient (Wildman–Crippen LogP) is 3.98. The summed E-state index contributed by atoms with van der Waals surface area (Å²) >= 11 is 0. The minimum atomic E-state index is -1.35. The molecule has 0 bridgehead atoms. The van der Waals surface area contributed by atoms with Gasteiger partial charge in [0.1, 0.15) is 6.10 Å².